The molecule has 5 nitrogen and oxygen atoms in total. The van der Waals surface area contributed by atoms with Crippen molar-refractivity contribution in [2.75, 3.05) is 25.1 Å². The van der Waals surface area contributed by atoms with Crippen LogP contribution in [-0.2, 0) is 19.9 Å². The van der Waals surface area contributed by atoms with Gasteiger partial charge in [-0.15, -0.1) is 0 Å². The van der Waals surface area contributed by atoms with E-state index >= 15 is 0 Å². The fourth-order valence-corrected chi connectivity index (χ4v) is 5.65. The summed E-state index contributed by atoms with van der Waals surface area (Å²) in [7, 11) is -6.71. The molecule has 0 aliphatic carbocycles. The van der Waals surface area contributed by atoms with Crippen molar-refractivity contribution < 1.29 is 21.2 Å². The van der Waals surface area contributed by atoms with Gasteiger partial charge in [-0.1, -0.05) is 0 Å². The van der Waals surface area contributed by atoms with E-state index < -0.39 is 25.7 Å². The van der Waals surface area contributed by atoms with Crippen LogP contribution in [0.5, 0.6) is 0 Å². The molecule has 0 spiro atoms. The molecular formula is C14H20FNO4S2. The van der Waals surface area contributed by atoms with E-state index in [4.69, 9.17) is 0 Å². The summed E-state index contributed by atoms with van der Waals surface area (Å²) in [6.07, 6.45) is 2.23. The van der Waals surface area contributed by atoms with Crippen LogP contribution >= 0.6 is 0 Å². The summed E-state index contributed by atoms with van der Waals surface area (Å²) >= 11 is 0. The molecule has 0 atom stereocenters. The Bertz CT molecular complexity index is 751. The summed E-state index contributed by atoms with van der Waals surface area (Å²) in [5.41, 5.74) is 0.373. The van der Waals surface area contributed by atoms with Gasteiger partial charge in [0.05, 0.1) is 10.6 Å². The van der Waals surface area contributed by atoms with E-state index in [1.165, 1.54) is 22.7 Å². The summed E-state index contributed by atoms with van der Waals surface area (Å²) in [5, 5.41) is 0. The molecule has 0 bridgehead atoms. The van der Waals surface area contributed by atoms with Crippen molar-refractivity contribution in [1.82, 2.24) is 4.31 Å². The predicted molar refractivity (Wildman–Crippen MR) is 82.3 cm³/mol. The first-order chi connectivity index (χ1) is 10.1. The van der Waals surface area contributed by atoms with Gasteiger partial charge >= 0.3 is 0 Å². The summed E-state index contributed by atoms with van der Waals surface area (Å²) in [6.45, 7) is 2.14. The van der Waals surface area contributed by atoms with Gasteiger partial charge in [0.15, 0.2) is 0 Å². The maximum atomic E-state index is 13.1. The maximum Gasteiger partial charge on any atom is 0.243 e. The van der Waals surface area contributed by atoms with E-state index in [1.807, 2.05) is 0 Å². The molecule has 1 heterocycles. The lowest BCUT2D eigenvalue weighted by atomic mass is 10.0. The van der Waals surface area contributed by atoms with Crippen LogP contribution in [-0.4, -0.2) is 46.2 Å². The highest BCUT2D eigenvalue weighted by molar-refractivity contribution is 7.90. The molecule has 2 rings (SSSR count). The molecule has 0 radical (unpaired) electrons. The van der Waals surface area contributed by atoms with E-state index in [1.54, 1.807) is 6.92 Å². The van der Waals surface area contributed by atoms with E-state index in [9.17, 15) is 21.2 Å². The van der Waals surface area contributed by atoms with Crippen LogP contribution in [0, 0.1) is 18.7 Å². The lowest BCUT2D eigenvalue weighted by Crippen LogP contribution is -2.40. The number of aryl methyl sites for hydroxylation is 1. The fourth-order valence-electron chi connectivity index (χ4n) is 2.79. The molecule has 1 aromatic carbocycles. The van der Waals surface area contributed by atoms with E-state index in [0.29, 0.717) is 31.5 Å². The summed E-state index contributed by atoms with van der Waals surface area (Å²) < 4.78 is 62.3. The molecule has 1 fully saturated rings. The highest BCUT2D eigenvalue weighted by Crippen LogP contribution is 2.26. The van der Waals surface area contributed by atoms with Crippen LogP contribution in [0.4, 0.5) is 4.39 Å². The second-order valence-electron chi connectivity index (χ2n) is 5.85. The zero-order valence-corrected chi connectivity index (χ0v) is 14.3. The van der Waals surface area contributed by atoms with Crippen molar-refractivity contribution in [3.63, 3.8) is 0 Å². The zero-order valence-electron chi connectivity index (χ0n) is 12.6. The number of sulfonamides is 1. The van der Waals surface area contributed by atoms with E-state index in [0.717, 1.165) is 6.07 Å². The number of hydrogen-bond donors (Lipinski definition) is 0. The molecule has 8 heteroatoms. The van der Waals surface area contributed by atoms with Gasteiger partial charge < -0.3 is 0 Å². The zero-order chi connectivity index (χ0) is 16.5. The SMILES string of the molecule is Cc1cc(F)ccc1S(=O)(=O)N1CCC(CS(C)(=O)=O)CC1. The Morgan fingerprint density at radius 2 is 1.77 bits per heavy atom. The molecule has 0 amide bonds. The van der Waals surface area contributed by atoms with Crippen molar-refractivity contribution in [3.8, 4) is 0 Å². The molecule has 22 heavy (non-hydrogen) atoms. The van der Waals surface area contributed by atoms with Gasteiger partial charge in [0, 0.05) is 19.3 Å². The van der Waals surface area contributed by atoms with Gasteiger partial charge in [0.2, 0.25) is 10.0 Å². The Hall–Kier alpha value is -0.990. The molecule has 0 saturated carbocycles. The molecule has 1 saturated heterocycles. The van der Waals surface area contributed by atoms with Gasteiger partial charge in [-0.2, -0.15) is 4.31 Å². The molecule has 1 aromatic rings. The van der Waals surface area contributed by atoms with Crippen LogP contribution in [0.3, 0.4) is 0 Å². The topological polar surface area (TPSA) is 71.5 Å². The lowest BCUT2D eigenvalue weighted by molar-refractivity contribution is 0.289. The molecule has 0 N–H and O–H groups in total. The van der Waals surface area contributed by atoms with Gasteiger partial charge in [-0.3, -0.25) is 0 Å². The highest BCUT2D eigenvalue weighted by Gasteiger charge is 2.31. The van der Waals surface area contributed by atoms with Crippen molar-refractivity contribution >= 4 is 19.9 Å². The van der Waals surface area contributed by atoms with Crippen LogP contribution in [0.15, 0.2) is 23.1 Å². The standard InChI is InChI=1S/C14H20FNO4S2/c1-11-9-13(15)3-4-14(11)22(19,20)16-7-5-12(6-8-16)10-21(2,17)18/h3-4,9,12H,5-8,10H2,1-2H3. The second-order valence-corrected chi connectivity index (χ2v) is 9.94. The first-order valence-electron chi connectivity index (χ1n) is 7.03. The van der Waals surface area contributed by atoms with E-state index in [2.05, 4.69) is 0 Å². The van der Waals surface area contributed by atoms with Crippen molar-refractivity contribution in [2.45, 2.75) is 24.7 Å². The van der Waals surface area contributed by atoms with Crippen LogP contribution in [0.1, 0.15) is 18.4 Å². The summed E-state index contributed by atoms with van der Waals surface area (Å²) in [5.74, 6) is -0.379. The third-order valence-electron chi connectivity index (χ3n) is 3.87. The second kappa shape index (κ2) is 6.25. The minimum atomic E-state index is -3.66. The van der Waals surface area contributed by atoms with Gasteiger partial charge in [-0.05, 0) is 49.4 Å². The molecule has 1 aliphatic heterocycles. The molecular weight excluding hydrogens is 329 g/mol. The minimum absolute atomic E-state index is 0.00392. The van der Waals surface area contributed by atoms with Crippen LogP contribution < -0.4 is 0 Å². The number of nitrogens with zero attached hydrogens (tertiary/aromatic N) is 1. The third kappa shape index (κ3) is 4.05. The smallest absolute Gasteiger partial charge is 0.229 e. The lowest BCUT2D eigenvalue weighted by Gasteiger charge is -2.31. The molecule has 1 aliphatic rings. The Morgan fingerprint density at radius 3 is 2.27 bits per heavy atom. The van der Waals surface area contributed by atoms with Crippen LogP contribution in [0.2, 0.25) is 0 Å². The Labute approximate surface area is 131 Å². The minimum Gasteiger partial charge on any atom is -0.229 e. The number of benzene rings is 1. The van der Waals surface area contributed by atoms with E-state index in [-0.39, 0.29) is 16.6 Å². The quantitative estimate of drug-likeness (QED) is 0.827. The number of rotatable bonds is 4. The number of piperidine rings is 1. The number of hydrogen-bond acceptors (Lipinski definition) is 4. The van der Waals surface area contributed by atoms with Gasteiger partial charge in [-0.25, -0.2) is 21.2 Å². The first kappa shape index (κ1) is 17.4. The summed E-state index contributed by atoms with van der Waals surface area (Å²) in [6, 6.07) is 3.61. The first-order valence-corrected chi connectivity index (χ1v) is 10.5. The number of sulfone groups is 1. The maximum absolute atomic E-state index is 13.1. The average molecular weight is 349 g/mol. The Morgan fingerprint density at radius 1 is 1.18 bits per heavy atom. The summed E-state index contributed by atoms with van der Waals surface area (Å²) in [4.78, 5) is 0.107. The average Bonchev–Trinajstić information content (AvgIpc) is 2.36. The van der Waals surface area contributed by atoms with Gasteiger partial charge in [0.25, 0.3) is 0 Å². The van der Waals surface area contributed by atoms with Gasteiger partial charge in [0.1, 0.15) is 15.7 Å². The normalized spacial score (nSPS) is 18.5. The van der Waals surface area contributed by atoms with Crippen molar-refractivity contribution in [2.24, 2.45) is 5.92 Å². The Kier molecular flexibility index (Phi) is 4.93. The number of halogens is 1. The molecule has 124 valence electrons. The van der Waals surface area contributed by atoms with Crippen LogP contribution in [0.25, 0.3) is 0 Å². The largest absolute Gasteiger partial charge is 0.243 e. The Balaban J connectivity index is 2.13. The monoisotopic (exact) mass is 349 g/mol. The molecule has 0 aromatic heterocycles. The highest BCUT2D eigenvalue weighted by atomic mass is 32.2. The fraction of sp³-hybridized carbons (Fsp3) is 0.571. The van der Waals surface area contributed by atoms with Crippen molar-refractivity contribution in [3.05, 3.63) is 29.6 Å². The third-order valence-corrected chi connectivity index (χ3v) is 7.00. The molecule has 0 unspecified atom stereocenters. The van der Waals surface area contributed by atoms with Crippen molar-refractivity contribution in [1.29, 1.82) is 0 Å². The predicted octanol–water partition coefficient (Wildman–Crippen LogP) is 1.58.